The number of nitrogens with zero attached hydrogens (tertiary/aromatic N) is 1. The van der Waals surface area contributed by atoms with Crippen molar-refractivity contribution in [3.63, 3.8) is 0 Å². The lowest BCUT2D eigenvalue weighted by atomic mass is 10.0. The summed E-state index contributed by atoms with van der Waals surface area (Å²) in [5.74, 6) is 6.41. The van der Waals surface area contributed by atoms with Gasteiger partial charge in [0.25, 0.3) is 11.1 Å². The van der Waals surface area contributed by atoms with E-state index in [1.54, 1.807) is 24.5 Å². The average Bonchev–Trinajstić information content (AvgIpc) is 3.19. The molecule has 28 heavy (non-hydrogen) atoms. The third kappa shape index (κ3) is 3.45. The Morgan fingerprint density at radius 3 is 2.50 bits per heavy atom. The topological polar surface area (TPSA) is 72.2 Å². The number of pyridine rings is 1. The lowest BCUT2D eigenvalue weighted by molar-refractivity contribution is -0.115. The Labute approximate surface area is 166 Å². The van der Waals surface area contributed by atoms with Crippen LogP contribution in [0.25, 0.3) is 17.0 Å². The van der Waals surface area contributed by atoms with E-state index in [4.69, 9.17) is 4.42 Å². The number of thioether (sulfide) groups is 1. The van der Waals surface area contributed by atoms with Gasteiger partial charge in [-0.3, -0.25) is 19.9 Å². The van der Waals surface area contributed by atoms with Gasteiger partial charge in [0.1, 0.15) is 5.76 Å². The van der Waals surface area contributed by atoms with Gasteiger partial charge in [-0.15, -0.1) is 0 Å². The second kappa shape index (κ2) is 7.02. The molecule has 0 radical (unpaired) electrons. The lowest BCUT2D eigenvalue weighted by Gasteiger charge is -2.04. The molecule has 0 unspecified atom stereocenters. The highest BCUT2D eigenvalue weighted by atomic mass is 32.2. The molecule has 2 amide bonds. The average molecular weight is 388 g/mol. The number of hydrogen-bond acceptors (Lipinski definition) is 5. The van der Waals surface area contributed by atoms with Crippen LogP contribution in [0.1, 0.15) is 33.6 Å². The van der Waals surface area contributed by atoms with E-state index < -0.39 is 5.91 Å². The normalized spacial score (nSPS) is 15.0. The molecule has 1 aromatic carbocycles. The molecule has 1 N–H and O–H groups in total. The maximum Gasteiger partial charge on any atom is 0.290 e. The first-order chi connectivity index (χ1) is 13.4. The maximum absolute atomic E-state index is 11.7. The fourth-order valence-electron chi connectivity index (χ4n) is 2.92. The van der Waals surface area contributed by atoms with E-state index in [1.807, 2.05) is 6.92 Å². The minimum atomic E-state index is -0.418. The summed E-state index contributed by atoms with van der Waals surface area (Å²) in [4.78, 5) is 27.6. The summed E-state index contributed by atoms with van der Waals surface area (Å²) < 4.78 is 5.88. The zero-order valence-electron chi connectivity index (χ0n) is 15.5. The summed E-state index contributed by atoms with van der Waals surface area (Å²) in [6, 6.07) is 5.98. The van der Waals surface area contributed by atoms with Crippen molar-refractivity contribution in [3.05, 3.63) is 69.1 Å². The lowest BCUT2D eigenvalue weighted by Crippen LogP contribution is -2.17. The van der Waals surface area contributed by atoms with Crippen LogP contribution >= 0.6 is 11.8 Å². The molecule has 0 spiro atoms. The molecule has 3 aromatic rings. The number of amides is 2. The van der Waals surface area contributed by atoms with Crippen LogP contribution in [-0.2, 0) is 4.79 Å². The largest absolute Gasteiger partial charge is 0.455 e. The number of benzene rings is 1. The van der Waals surface area contributed by atoms with Gasteiger partial charge in [-0.1, -0.05) is 17.9 Å². The van der Waals surface area contributed by atoms with Crippen LogP contribution in [0.3, 0.4) is 0 Å². The molecule has 1 aliphatic heterocycles. The molecule has 6 heteroatoms. The Balaban J connectivity index is 1.73. The highest BCUT2D eigenvalue weighted by Gasteiger charge is 2.25. The van der Waals surface area contributed by atoms with E-state index in [0.717, 1.165) is 28.3 Å². The van der Waals surface area contributed by atoms with Gasteiger partial charge in [0.15, 0.2) is 5.58 Å². The SMILES string of the molecule is Cc1cc(C)c(C#Cc2cncc3cc(C=C4SC(=O)NC4=O)oc23)cc1C. The molecule has 5 nitrogen and oxygen atoms in total. The van der Waals surface area contributed by atoms with Crippen LogP contribution in [-0.4, -0.2) is 16.1 Å². The van der Waals surface area contributed by atoms with Crippen LogP contribution in [0.4, 0.5) is 4.79 Å². The fourth-order valence-corrected chi connectivity index (χ4v) is 3.58. The van der Waals surface area contributed by atoms with Crippen LogP contribution in [0, 0.1) is 32.6 Å². The maximum atomic E-state index is 11.7. The van der Waals surface area contributed by atoms with E-state index >= 15 is 0 Å². The van der Waals surface area contributed by atoms with E-state index in [-0.39, 0.29) is 5.24 Å². The van der Waals surface area contributed by atoms with Gasteiger partial charge in [-0.25, -0.2) is 0 Å². The summed E-state index contributed by atoms with van der Waals surface area (Å²) in [5.41, 5.74) is 5.79. The fraction of sp³-hybridized carbons (Fsp3) is 0.136. The van der Waals surface area contributed by atoms with Crippen LogP contribution in [0.2, 0.25) is 0 Å². The van der Waals surface area contributed by atoms with Crippen molar-refractivity contribution in [2.45, 2.75) is 20.8 Å². The quantitative estimate of drug-likeness (QED) is 0.492. The predicted octanol–water partition coefficient (Wildman–Crippen LogP) is 4.48. The number of aryl methyl sites for hydroxylation is 3. The minimum absolute atomic E-state index is 0.301. The van der Waals surface area contributed by atoms with Gasteiger partial charge in [-0.2, -0.15) is 0 Å². The van der Waals surface area contributed by atoms with Crippen molar-refractivity contribution >= 4 is 40.0 Å². The first kappa shape index (κ1) is 18.1. The number of rotatable bonds is 1. The zero-order chi connectivity index (χ0) is 19.8. The highest BCUT2D eigenvalue weighted by Crippen LogP contribution is 2.29. The molecular formula is C22H16N2O3S. The van der Waals surface area contributed by atoms with Crippen molar-refractivity contribution in [2.24, 2.45) is 0 Å². The number of fused-ring (bicyclic) bond motifs is 1. The van der Waals surface area contributed by atoms with Crippen molar-refractivity contribution in [3.8, 4) is 11.8 Å². The summed E-state index contributed by atoms with van der Waals surface area (Å²) in [7, 11) is 0. The Kier molecular flexibility index (Phi) is 4.54. The Hall–Kier alpha value is -3.30. The number of carbonyl (C=O) groups excluding carboxylic acids is 2. The van der Waals surface area contributed by atoms with Gasteiger partial charge in [0.05, 0.1) is 10.5 Å². The number of furan rings is 1. The summed E-state index contributed by atoms with van der Waals surface area (Å²) in [6.07, 6.45) is 4.89. The molecule has 0 bridgehead atoms. The Morgan fingerprint density at radius 1 is 1.00 bits per heavy atom. The van der Waals surface area contributed by atoms with Crippen LogP contribution in [0.15, 0.2) is 39.9 Å². The van der Waals surface area contributed by atoms with Gasteiger partial charge in [-0.05, 0) is 61.4 Å². The van der Waals surface area contributed by atoms with Crippen molar-refractivity contribution < 1.29 is 14.0 Å². The predicted molar refractivity (Wildman–Crippen MR) is 110 cm³/mol. The highest BCUT2D eigenvalue weighted by molar-refractivity contribution is 8.18. The van der Waals surface area contributed by atoms with Crippen molar-refractivity contribution in [2.75, 3.05) is 0 Å². The number of aromatic nitrogens is 1. The summed E-state index contributed by atoms with van der Waals surface area (Å²) in [6.45, 7) is 6.19. The molecule has 1 aliphatic rings. The molecule has 0 aliphatic carbocycles. The number of hydrogen-bond donors (Lipinski definition) is 1. The molecular weight excluding hydrogens is 372 g/mol. The molecule has 138 valence electrons. The smallest absolute Gasteiger partial charge is 0.290 e. The third-order valence-corrected chi connectivity index (χ3v) is 5.34. The molecule has 0 atom stereocenters. The summed E-state index contributed by atoms with van der Waals surface area (Å²) >= 11 is 0.852. The zero-order valence-corrected chi connectivity index (χ0v) is 16.4. The Morgan fingerprint density at radius 2 is 1.75 bits per heavy atom. The van der Waals surface area contributed by atoms with Gasteiger partial charge in [0.2, 0.25) is 0 Å². The molecule has 1 fully saturated rings. The molecule has 3 heterocycles. The van der Waals surface area contributed by atoms with Gasteiger partial charge >= 0.3 is 0 Å². The molecule has 1 saturated heterocycles. The number of carbonyl (C=O) groups is 2. The van der Waals surface area contributed by atoms with Gasteiger partial charge in [0, 0.05) is 29.4 Å². The van der Waals surface area contributed by atoms with Crippen molar-refractivity contribution in [1.82, 2.24) is 10.3 Å². The van der Waals surface area contributed by atoms with E-state index in [9.17, 15) is 9.59 Å². The molecule has 4 rings (SSSR count). The summed E-state index contributed by atoms with van der Waals surface area (Å²) in [5, 5.41) is 2.62. The second-order valence-electron chi connectivity index (χ2n) is 6.61. The van der Waals surface area contributed by atoms with Crippen LogP contribution < -0.4 is 5.32 Å². The van der Waals surface area contributed by atoms with E-state index in [0.29, 0.717) is 21.8 Å². The standard InChI is InChI=1S/C22H16N2O3S/c1-12-6-14(3)15(7-13(12)2)4-5-16-10-23-11-17-8-18(27-20(16)17)9-19-21(25)24-22(26)28-19/h6-11H,1-3H3,(H,24,25,26). The molecule has 0 saturated carbocycles. The number of nitrogens with one attached hydrogen (secondary N) is 1. The van der Waals surface area contributed by atoms with Crippen molar-refractivity contribution in [1.29, 1.82) is 0 Å². The van der Waals surface area contributed by atoms with E-state index in [2.05, 4.69) is 48.1 Å². The first-order valence-electron chi connectivity index (χ1n) is 8.63. The van der Waals surface area contributed by atoms with Gasteiger partial charge < -0.3 is 4.42 Å². The minimum Gasteiger partial charge on any atom is -0.455 e. The second-order valence-corrected chi connectivity index (χ2v) is 7.62. The Bertz CT molecular complexity index is 1240. The third-order valence-electron chi connectivity index (χ3n) is 4.53. The molecule has 2 aromatic heterocycles. The number of imide groups is 1. The van der Waals surface area contributed by atoms with E-state index in [1.165, 1.54) is 11.1 Å². The van der Waals surface area contributed by atoms with Crippen LogP contribution in [0.5, 0.6) is 0 Å². The monoisotopic (exact) mass is 388 g/mol. The first-order valence-corrected chi connectivity index (χ1v) is 9.44.